The maximum absolute atomic E-state index is 11.1. The number of nitrogens with one attached hydrogen (secondary N) is 1. The third kappa shape index (κ3) is 3.96. The van der Waals surface area contributed by atoms with Gasteiger partial charge in [0.1, 0.15) is 5.60 Å². The highest BCUT2D eigenvalue weighted by atomic mass is 31.0. The molecule has 3 nitrogen and oxygen atoms in total. The van der Waals surface area contributed by atoms with E-state index in [1.807, 2.05) is 6.92 Å². The molecule has 0 amide bonds. The fourth-order valence-electron chi connectivity index (χ4n) is 3.67. The van der Waals surface area contributed by atoms with Gasteiger partial charge in [0.05, 0.1) is 6.10 Å². The first-order valence-electron chi connectivity index (χ1n) is 8.18. The lowest BCUT2D eigenvalue weighted by Crippen LogP contribution is -2.63. The average molecular weight is 311 g/mol. The molecule has 1 saturated heterocycles. The number of aliphatic hydroxyl groups is 1. The highest BCUT2D eigenvalue weighted by Crippen LogP contribution is 2.37. The Balaban J connectivity index is 2.04. The van der Waals surface area contributed by atoms with Gasteiger partial charge in [0.25, 0.3) is 0 Å². The molecule has 0 bridgehead atoms. The van der Waals surface area contributed by atoms with Crippen molar-refractivity contribution in [2.24, 2.45) is 0 Å². The van der Waals surface area contributed by atoms with E-state index >= 15 is 0 Å². The van der Waals surface area contributed by atoms with Gasteiger partial charge in [0.2, 0.25) is 0 Å². The zero-order valence-electron chi connectivity index (χ0n) is 13.6. The van der Waals surface area contributed by atoms with Gasteiger partial charge in [-0.15, -0.1) is 9.24 Å². The Hall–Kier alpha value is -0.210. The Morgan fingerprint density at radius 2 is 2.19 bits per heavy atom. The number of rotatable bonds is 4. The third-order valence-electron chi connectivity index (χ3n) is 4.89. The molecule has 4 heteroatoms. The summed E-state index contributed by atoms with van der Waals surface area (Å²) < 4.78 is 5.82. The van der Waals surface area contributed by atoms with Crippen molar-refractivity contribution < 1.29 is 9.84 Å². The van der Waals surface area contributed by atoms with Crippen molar-refractivity contribution in [3.63, 3.8) is 0 Å². The molecule has 2 rings (SSSR count). The number of ether oxygens (including phenoxy) is 1. The Morgan fingerprint density at radius 1 is 1.43 bits per heavy atom. The summed E-state index contributed by atoms with van der Waals surface area (Å²) in [4.78, 5) is 0. The van der Waals surface area contributed by atoms with Crippen LogP contribution in [0.15, 0.2) is 23.0 Å². The lowest BCUT2D eigenvalue weighted by atomic mass is 9.73. The van der Waals surface area contributed by atoms with Gasteiger partial charge in [0.15, 0.2) is 0 Å². The Kier molecular flexibility index (Phi) is 6.02. The van der Waals surface area contributed by atoms with Crippen LogP contribution < -0.4 is 5.32 Å². The maximum Gasteiger partial charge on any atom is 0.106 e. The second-order valence-corrected chi connectivity index (χ2v) is 7.11. The van der Waals surface area contributed by atoms with E-state index in [1.54, 1.807) is 0 Å². The highest BCUT2D eigenvalue weighted by molar-refractivity contribution is 7.23. The molecule has 1 saturated carbocycles. The molecule has 2 N–H and O–H groups in total. The molecular weight excluding hydrogens is 281 g/mol. The number of hydrogen-bond donors (Lipinski definition) is 2. The normalized spacial score (nSPS) is 36.2. The van der Waals surface area contributed by atoms with Gasteiger partial charge in [-0.3, -0.25) is 0 Å². The Bertz CT molecular complexity index is 419. The van der Waals surface area contributed by atoms with Crippen LogP contribution in [0.2, 0.25) is 0 Å². The second kappa shape index (κ2) is 7.37. The largest absolute Gasteiger partial charge is 0.386 e. The fourth-order valence-corrected chi connectivity index (χ4v) is 3.76. The van der Waals surface area contributed by atoms with E-state index in [4.69, 9.17) is 4.74 Å². The summed E-state index contributed by atoms with van der Waals surface area (Å²) in [6.45, 7) is 7.13. The van der Waals surface area contributed by atoms with Crippen LogP contribution in [-0.4, -0.2) is 35.5 Å². The zero-order valence-corrected chi connectivity index (χ0v) is 14.7. The van der Waals surface area contributed by atoms with Crippen molar-refractivity contribution in [1.29, 1.82) is 0 Å². The summed E-state index contributed by atoms with van der Waals surface area (Å²) in [6, 6.07) is 0.379. The summed E-state index contributed by atoms with van der Waals surface area (Å²) in [5.74, 6) is 0. The van der Waals surface area contributed by atoms with E-state index in [0.29, 0.717) is 0 Å². The lowest BCUT2D eigenvalue weighted by Gasteiger charge is -2.49. The van der Waals surface area contributed by atoms with Gasteiger partial charge in [-0.1, -0.05) is 12.2 Å². The fraction of sp³-hybridized carbons (Fsp3) is 0.765. The van der Waals surface area contributed by atoms with E-state index in [0.717, 1.165) is 38.7 Å². The van der Waals surface area contributed by atoms with Crippen molar-refractivity contribution in [2.45, 2.75) is 76.7 Å². The van der Waals surface area contributed by atoms with E-state index in [9.17, 15) is 5.11 Å². The molecule has 2 fully saturated rings. The molecule has 3 unspecified atom stereocenters. The first-order valence-corrected chi connectivity index (χ1v) is 8.75. The molecule has 0 aromatic carbocycles. The third-order valence-corrected chi connectivity index (χ3v) is 5.68. The molecule has 120 valence electrons. The minimum Gasteiger partial charge on any atom is -0.386 e. The standard InChI is InChI=1S/C17H30NO2P/c1-4-14(21)12(2)11-13(3)18-15-7-5-8-16-17(15,19)9-6-10-20-16/h4,11,13,15-16,18-19H,5-10,21H2,1-3H3/b12-11-,14-4+/t13?,15?,16-,17-/m0/s1. The molecule has 0 radical (unpaired) electrons. The molecule has 2 aliphatic rings. The number of hydrogen-bond acceptors (Lipinski definition) is 3. The van der Waals surface area contributed by atoms with E-state index in [2.05, 4.69) is 40.6 Å². The maximum atomic E-state index is 11.1. The summed E-state index contributed by atoms with van der Waals surface area (Å²) in [5.41, 5.74) is 0.582. The predicted octanol–water partition coefficient (Wildman–Crippen LogP) is 3.15. The van der Waals surface area contributed by atoms with Gasteiger partial charge in [-0.2, -0.15) is 0 Å². The quantitative estimate of drug-likeness (QED) is 0.619. The summed E-state index contributed by atoms with van der Waals surface area (Å²) in [7, 11) is 2.77. The smallest absolute Gasteiger partial charge is 0.106 e. The predicted molar refractivity (Wildman–Crippen MR) is 91.4 cm³/mol. The van der Waals surface area contributed by atoms with Crippen LogP contribution in [0, 0.1) is 0 Å². The number of fused-ring (bicyclic) bond motifs is 1. The minimum absolute atomic E-state index is 0.0163. The van der Waals surface area contributed by atoms with Crippen LogP contribution in [0.25, 0.3) is 0 Å². The molecule has 1 heterocycles. The molecule has 1 aliphatic carbocycles. The first-order chi connectivity index (χ1) is 9.97. The van der Waals surface area contributed by atoms with Crippen molar-refractivity contribution in [3.8, 4) is 0 Å². The molecule has 0 spiro atoms. The second-order valence-electron chi connectivity index (χ2n) is 6.49. The van der Waals surface area contributed by atoms with Crippen molar-refractivity contribution in [1.82, 2.24) is 5.32 Å². The Morgan fingerprint density at radius 3 is 2.90 bits per heavy atom. The summed E-state index contributed by atoms with van der Waals surface area (Å²) in [6.07, 6.45) is 9.32. The van der Waals surface area contributed by atoms with Gasteiger partial charge in [-0.25, -0.2) is 0 Å². The minimum atomic E-state index is -0.684. The molecule has 1 aliphatic heterocycles. The first kappa shape index (κ1) is 17.1. The van der Waals surface area contributed by atoms with Crippen LogP contribution in [0.5, 0.6) is 0 Å². The van der Waals surface area contributed by atoms with E-state index < -0.39 is 5.60 Å². The summed E-state index contributed by atoms with van der Waals surface area (Å²) in [5, 5.41) is 15.9. The molecule has 21 heavy (non-hydrogen) atoms. The zero-order chi connectivity index (χ0) is 15.5. The monoisotopic (exact) mass is 311 g/mol. The van der Waals surface area contributed by atoms with E-state index in [1.165, 1.54) is 10.9 Å². The number of allylic oxidation sites excluding steroid dienone is 3. The van der Waals surface area contributed by atoms with Gasteiger partial charge < -0.3 is 15.2 Å². The highest BCUT2D eigenvalue weighted by Gasteiger charge is 2.48. The van der Waals surface area contributed by atoms with Crippen LogP contribution in [0.4, 0.5) is 0 Å². The van der Waals surface area contributed by atoms with Crippen molar-refractivity contribution in [3.05, 3.63) is 23.0 Å². The average Bonchev–Trinajstić information content (AvgIpc) is 2.46. The SMILES string of the molecule is C/C=C(P)\C(C)=C/C(C)NC1CCC[C@@H]2OCCC[C@]12O. The van der Waals surface area contributed by atoms with Gasteiger partial charge >= 0.3 is 0 Å². The van der Waals surface area contributed by atoms with Gasteiger partial charge in [0, 0.05) is 18.7 Å². The molecule has 5 atom stereocenters. The van der Waals surface area contributed by atoms with Crippen molar-refractivity contribution >= 4 is 9.24 Å². The summed E-state index contributed by atoms with van der Waals surface area (Å²) >= 11 is 0. The van der Waals surface area contributed by atoms with Crippen LogP contribution >= 0.6 is 9.24 Å². The lowest BCUT2D eigenvalue weighted by molar-refractivity contribution is -0.177. The molecular formula is C17H30NO2P. The van der Waals surface area contributed by atoms with Crippen LogP contribution in [0.3, 0.4) is 0 Å². The van der Waals surface area contributed by atoms with Crippen LogP contribution in [0.1, 0.15) is 52.9 Å². The van der Waals surface area contributed by atoms with Gasteiger partial charge in [-0.05, 0) is 63.8 Å². The van der Waals surface area contributed by atoms with Crippen molar-refractivity contribution in [2.75, 3.05) is 6.61 Å². The van der Waals surface area contributed by atoms with E-state index in [-0.39, 0.29) is 18.2 Å². The topological polar surface area (TPSA) is 41.5 Å². The Labute approximate surface area is 131 Å². The van der Waals surface area contributed by atoms with Crippen LogP contribution in [-0.2, 0) is 4.74 Å². The molecule has 0 aromatic rings. The molecule has 0 aromatic heterocycles.